The first-order valence-electron chi connectivity index (χ1n) is 5.29. The Balaban J connectivity index is 2.64. The van der Waals surface area contributed by atoms with Crippen molar-refractivity contribution in [3.63, 3.8) is 0 Å². The topological polar surface area (TPSA) is 69.6 Å². The lowest BCUT2D eigenvalue weighted by molar-refractivity contribution is -0.139. The standard InChI is InChI=1S/C11H16N2O3/c1-2-6-13(8-11(15)16)9-4-3-5-12-10(14)7-9/h1,9H,3-8H2,(H,12,14)(H,15,16). The van der Waals surface area contributed by atoms with E-state index in [9.17, 15) is 9.59 Å². The molecule has 2 N–H and O–H groups in total. The van der Waals surface area contributed by atoms with E-state index in [4.69, 9.17) is 11.5 Å². The van der Waals surface area contributed by atoms with Crippen LogP contribution in [-0.4, -0.2) is 47.6 Å². The minimum Gasteiger partial charge on any atom is -0.480 e. The maximum atomic E-state index is 11.4. The van der Waals surface area contributed by atoms with Gasteiger partial charge in [0.1, 0.15) is 0 Å². The highest BCUT2D eigenvalue weighted by Gasteiger charge is 2.24. The number of aliphatic carboxylic acids is 1. The van der Waals surface area contributed by atoms with E-state index in [-0.39, 0.29) is 25.0 Å². The number of carboxylic acid groups (broad SMARTS) is 1. The summed E-state index contributed by atoms with van der Waals surface area (Å²) in [5.74, 6) is 1.49. The van der Waals surface area contributed by atoms with Crippen molar-refractivity contribution in [3.05, 3.63) is 0 Å². The molecule has 1 heterocycles. The first-order valence-corrected chi connectivity index (χ1v) is 5.29. The number of nitrogens with zero attached hydrogens (tertiary/aromatic N) is 1. The van der Waals surface area contributed by atoms with E-state index < -0.39 is 5.97 Å². The molecule has 0 saturated carbocycles. The van der Waals surface area contributed by atoms with Crippen molar-refractivity contribution in [1.29, 1.82) is 0 Å². The molecule has 0 aromatic rings. The van der Waals surface area contributed by atoms with Crippen LogP contribution in [0.25, 0.3) is 0 Å². The minimum absolute atomic E-state index is 0.0325. The lowest BCUT2D eigenvalue weighted by atomic mass is 10.1. The summed E-state index contributed by atoms with van der Waals surface area (Å²) in [6, 6.07) is -0.0605. The highest BCUT2D eigenvalue weighted by Crippen LogP contribution is 2.13. The Morgan fingerprint density at radius 2 is 2.44 bits per heavy atom. The van der Waals surface area contributed by atoms with Gasteiger partial charge >= 0.3 is 5.97 Å². The van der Waals surface area contributed by atoms with Crippen LogP contribution in [0.5, 0.6) is 0 Å². The van der Waals surface area contributed by atoms with Crippen LogP contribution in [0.3, 0.4) is 0 Å². The minimum atomic E-state index is -0.917. The summed E-state index contributed by atoms with van der Waals surface area (Å²) in [7, 11) is 0. The summed E-state index contributed by atoms with van der Waals surface area (Å²) < 4.78 is 0. The van der Waals surface area contributed by atoms with Crippen LogP contribution in [0.1, 0.15) is 19.3 Å². The molecule has 0 aliphatic carbocycles. The van der Waals surface area contributed by atoms with Gasteiger partial charge in [-0.2, -0.15) is 0 Å². The highest BCUT2D eigenvalue weighted by atomic mass is 16.4. The van der Waals surface area contributed by atoms with Gasteiger partial charge in [-0.3, -0.25) is 14.5 Å². The van der Waals surface area contributed by atoms with Crippen LogP contribution in [0.4, 0.5) is 0 Å². The molecule has 1 aliphatic heterocycles. The molecule has 0 aromatic carbocycles. The number of carboxylic acids is 1. The Morgan fingerprint density at radius 1 is 1.69 bits per heavy atom. The largest absolute Gasteiger partial charge is 0.480 e. The Kier molecular flexibility index (Phi) is 4.80. The third-order valence-corrected chi connectivity index (χ3v) is 2.61. The van der Waals surface area contributed by atoms with E-state index in [1.807, 2.05) is 0 Å². The molecule has 1 aliphatic rings. The lowest BCUT2D eigenvalue weighted by Crippen LogP contribution is -2.40. The van der Waals surface area contributed by atoms with Crippen molar-refractivity contribution in [3.8, 4) is 12.3 Å². The number of hydrogen-bond acceptors (Lipinski definition) is 3. The van der Waals surface area contributed by atoms with Crippen LogP contribution in [0, 0.1) is 12.3 Å². The Bertz CT molecular complexity index is 309. The van der Waals surface area contributed by atoms with E-state index >= 15 is 0 Å². The van der Waals surface area contributed by atoms with Crippen LogP contribution < -0.4 is 5.32 Å². The third-order valence-electron chi connectivity index (χ3n) is 2.61. The Labute approximate surface area is 94.8 Å². The van der Waals surface area contributed by atoms with Gasteiger partial charge < -0.3 is 10.4 Å². The SMILES string of the molecule is C#CCN(CC(=O)O)C1CCCNC(=O)C1. The van der Waals surface area contributed by atoms with Crippen molar-refractivity contribution in [2.45, 2.75) is 25.3 Å². The van der Waals surface area contributed by atoms with Gasteiger partial charge in [0.2, 0.25) is 5.91 Å². The van der Waals surface area contributed by atoms with Gasteiger partial charge in [-0.15, -0.1) is 6.42 Å². The maximum Gasteiger partial charge on any atom is 0.317 e. The maximum absolute atomic E-state index is 11.4. The van der Waals surface area contributed by atoms with Gasteiger partial charge in [0.05, 0.1) is 13.1 Å². The Hall–Kier alpha value is -1.54. The van der Waals surface area contributed by atoms with Crippen molar-refractivity contribution < 1.29 is 14.7 Å². The molecule has 5 nitrogen and oxygen atoms in total. The van der Waals surface area contributed by atoms with Gasteiger partial charge in [0, 0.05) is 19.0 Å². The summed E-state index contributed by atoms with van der Waals surface area (Å²) in [6.07, 6.45) is 7.19. The van der Waals surface area contributed by atoms with Gasteiger partial charge in [0.15, 0.2) is 0 Å². The summed E-state index contributed by atoms with van der Waals surface area (Å²) in [5, 5.41) is 11.5. The summed E-state index contributed by atoms with van der Waals surface area (Å²) in [5.41, 5.74) is 0. The fourth-order valence-corrected chi connectivity index (χ4v) is 1.87. The van der Waals surface area contributed by atoms with Crippen LogP contribution in [0.15, 0.2) is 0 Å². The molecular weight excluding hydrogens is 208 g/mol. The predicted molar refractivity (Wildman–Crippen MR) is 58.7 cm³/mol. The molecule has 5 heteroatoms. The second-order valence-electron chi connectivity index (χ2n) is 3.85. The number of carbonyl (C=O) groups is 2. The molecule has 1 amide bonds. The fraction of sp³-hybridized carbons (Fsp3) is 0.636. The summed E-state index contributed by atoms with van der Waals surface area (Å²) >= 11 is 0. The van der Waals surface area contributed by atoms with E-state index in [1.54, 1.807) is 4.90 Å². The summed E-state index contributed by atoms with van der Waals surface area (Å²) in [6.45, 7) is 0.818. The third kappa shape index (κ3) is 3.91. The molecule has 1 saturated heterocycles. The van der Waals surface area contributed by atoms with Gasteiger partial charge in [0.25, 0.3) is 0 Å². The van der Waals surface area contributed by atoms with Crippen LogP contribution in [-0.2, 0) is 9.59 Å². The van der Waals surface area contributed by atoms with Gasteiger partial charge in [-0.05, 0) is 12.8 Å². The average molecular weight is 224 g/mol. The molecule has 0 aromatic heterocycles. The summed E-state index contributed by atoms with van der Waals surface area (Å²) in [4.78, 5) is 23.7. The van der Waals surface area contributed by atoms with Crippen molar-refractivity contribution in [2.75, 3.05) is 19.6 Å². The first kappa shape index (κ1) is 12.5. The number of hydrogen-bond donors (Lipinski definition) is 2. The average Bonchev–Trinajstić information content (AvgIpc) is 2.41. The number of amides is 1. The normalized spacial score (nSPS) is 21.0. The number of rotatable bonds is 4. The molecule has 88 valence electrons. The van der Waals surface area contributed by atoms with E-state index in [0.717, 1.165) is 12.8 Å². The molecule has 0 radical (unpaired) electrons. The number of carbonyl (C=O) groups excluding carboxylic acids is 1. The molecule has 1 atom stereocenters. The number of terminal acetylenes is 1. The molecule has 1 rings (SSSR count). The van der Waals surface area contributed by atoms with Crippen molar-refractivity contribution in [1.82, 2.24) is 10.2 Å². The van der Waals surface area contributed by atoms with E-state index in [2.05, 4.69) is 11.2 Å². The fourth-order valence-electron chi connectivity index (χ4n) is 1.87. The molecule has 16 heavy (non-hydrogen) atoms. The molecular formula is C11H16N2O3. The van der Waals surface area contributed by atoms with E-state index in [1.165, 1.54) is 0 Å². The second kappa shape index (κ2) is 6.13. The monoisotopic (exact) mass is 224 g/mol. The molecule has 1 unspecified atom stereocenters. The predicted octanol–water partition coefficient (Wildman–Crippen LogP) is -0.325. The quantitative estimate of drug-likeness (QED) is 0.642. The Morgan fingerprint density at radius 3 is 3.06 bits per heavy atom. The zero-order chi connectivity index (χ0) is 12.0. The first-order chi connectivity index (χ1) is 7.63. The zero-order valence-corrected chi connectivity index (χ0v) is 9.11. The van der Waals surface area contributed by atoms with Crippen LogP contribution >= 0.6 is 0 Å². The highest BCUT2D eigenvalue weighted by molar-refractivity contribution is 5.77. The van der Waals surface area contributed by atoms with E-state index in [0.29, 0.717) is 13.0 Å². The van der Waals surface area contributed by atoms with Crippen molar-refractivity contribution in [2.24, 2.45) is 0 Å². The van der Waals surface area contributed by atoms with Crippen molar-refractivity contribution >= 4 is 11.9 Å². The lowest BCUT2D eigenvalue weighted by Gasteiger charge is -2.26. The van der Waals surface area contributed by atoms with Gasteiger partial charge in [-0.1, -0.05) is 5.92 Å². The molecule has 0 bridgehead atoms. The smallest absolute Gasteiger partial charge is 0.317 e. The molecule has 0 spiro atoms. The number of nitrogens with one attached hydrogen (secondary N) is 1. The second-order valence-corrected chi connectivity index (χ2v) is 3.85. The molecule has 1 fully saturated rings. The van der Waals surface area contributed by atoms with Crippen LogP contribution in [0.2, 0.25) is 0 Å². The van der Waals surface area contributed by atoms with Gasteiger partial charge in [-0.25, -0.2) is 0 Å². The zero-order valence-electron chi connectivity index (χ0n) is 9.11.